The van der Waals surface area contributed by atoms with Crippen molar-refractivity contribution in [3.05, 3.63) is 77.2 Å². The fraction of sp³-hybridized carbons (Fsp3) is 0.318. The predicted octanol–water partition coefficient (Wildman–Crippen LogP) is 3.20. The van der Waals surface area contributed by atoms with Crippen LogP contribution in [0, 0.1) is 0 Å². The number of hydrogen-bond acceptors (Lipinski definition) is 3. The van der Waals surface area contributed by atoms with Gasteiger partial charge in [-0.1, -0.05) is 67.1 Å². The molecule has 1 saturated carbocycles. The molecule has 0 atom stereocenters. The van der Waals surface area contributed by atoms with Crippen LogP contribution in [0.3, 0.4) is 0 Å². The molecule has 1 aliphatic rings. The monoisotopic (exact) mass is 398 g/mol. The van der Waals surface area contributed by atoms with Crippen LogP contribution in [0.15, 0.2) is 66.1 Å². The quantitative estimate of drug-likeness (QED) is 0.681. The lowest BCUT2D eigenvalue weighted by molar-refractivity contribution is -0.121. The second-order valence-corrected chi connectivity index (χ2v) is 8.83. The Labute approximate surface area is 166 Å². The summed E-state index contributed by atoms with van der Waals surface area (Å²) in [6.45, 7) is 0.669. The van der Waals surface area contributed by atoms with Crippen LogP contribution < -0.4 is 10.0 Å². The summed E-state index contributed by atoms with van der Waals surface area (Å²) >= 11 is 0. The third-order valence-corrected chi connectivity index (χ3v) is 6.32. The maximum atomic E-state index is 12.2. The van der Waals surface area contributed by atoms with Crippen LogP contribution in [0.4, 0.5) is 0 Å². The molecular weight excluding hydrogens is 372 g/mol. The van der Waals surface area contributed by atoms with Gasteiger partial charge in [0.05, 0.1) is 0 Å². The molecule has 1 fully saturated rings. The van der Waals surface area contributed by atoms with Gasteiger partial charge >= 0.3 is 0 Å². The standard InChI is InChI=1S/C22H26N2O3S/c25-21(23-18-22(14-7-15-22)20-10-5-2-6-11-20)12-16-24-28(26,27)17-13-19-8-3-1-4-9-19/h1-6,8-11,13,17,24H,7,12,14-16,18H2,(H,23,25)/b17-13+. The summed E-state index contributed by atoms with van der Waals surface area (Å²) in [5.41, 5.74) is 2.08. The van der Waals surface area contributed by atoms with Crippen molar-refractivity contribution < 1.29 is 13.2 Å². The van der Waals surface area contributed by atoms with Gasteiger partial charge in [-0.05, 0) is 30.0 Å². The highest BCUT2D eigenvalue weighted by molar-refractivity contribution is 7.92. The maximum Gasteiger partial charge on any atom is 0.233 e. The molecule has 2 aromatic carbocycles. The normalized spacial score (nSPS) is 15.9. The Hall–Kier alpha value is -2.44. The number of carbonyl (C=O) groups is 1. The second-order valence-electron chi connectivity index (χ2n) is 7.18. The van der Waals surface area contributed by atoms with Gasteiger partial charge in [0.15, 0.2) is 0 Å². The van der Waals surface area contributed by atoms with E-state index in [1.165, 1.54) is 11.6 Å². The Morgan fingerprint density at radius 3 is 2.25 bits per heavy atom. The van der Waals surface area contributed by atoms with Crippen molar-refractivity contribution in [2.24, 2.45) is 0 Å². The van der Waals surface area contributed by atoms with Crippen LogP contribution in [0.5, 0.6) is 0 Å². The molecule has 0 heterocycles. The third kappa shape index (κ3) is 5.53. The first kappa shape index (κ1) is 20.3. The highest BCUT2D eigenvalue weighted by Crippen LogP contribution is 2.43. The maximum absolute atomic E-state index is 12.2. The van der Waals surface area contributed by atoms with E-state index in [1.54, 1.807) is 0 Å². The molecule has 0 bridgehead atoms. The summed E-state index contributed by atoms with van der Waals surface area (Å²) < 4.78 is 26.5. The van der Waals surface area contributed by atoms with Crippen LogP contribution in [0.1, 0.15) is 36.8 Å². The van der Waals surface area contributed by atoms with E-state index < -0.39 is 10.0 Å². The van der Waals surface area contributed by atoms with Crippen molar-refractivity contribution in [1.82, 2.24) is 10.0 Å². The van der Waals surface area contributed by atoms with Crippen LogP contribution >= 0.6 is 0 Å². The zero-order chi connectivity index (χ0) is 19.9. The predicted molar refractivity (Wildman–Crippen MR) is 112 cm³/mol. The first-order valence-electron chi connectivity index (χ1n) is 9.54. The van der Waals surface area contributed by atoms with Crippen molar-refractivity contribution in [2.75, 3.05) is 13.1 Å². The SMILES string of the molecule is O=C(CCNS(=O)(=O)/C=C/c1ccccc1)NCC1(c2ccccc2)CCC1. The summed E-state index contributed by atoms with van der Waals surface area (Å²) in [4.78, 5) is 12.2. The number of rotatable bonds is 9. The van der Waals surface area contributed by atoms with Crippen molar-refractivity contribution >= 4 is 22.0 Å². The zero-order valence-corrected chi connectivity index (χ0v) is 16.6. The fourth-order valence-corrected chi connectivity index (χ4v) is 4.23. The molecule has 6 heteroatoms. The van der Waals surface area contributed by atoms with E-state index in [9.17, 15) is 13.2 Å². The number of hydrogen-bond donors (Lipinski definition) is 2. The summed E-state index contributed by atoms with van der Waals surface area (Å²) in [5.74, 6) is -0.142. The van der Waals surface area contributed by atoms with Gasteiger partial charge in [-0.2, -0.15) is 0 Å². The molecule has 0 unspecified atom stereocenters. The first-order chi connectivity index (χ1) is 13.5. The largest absolute Gasteiger partial charge is 0.355 e. The van der Waals surface area contributed by atoms with Crippen LogP contribution in [-0.4, -0.2) is 27.4 Å². The molecule has 0 radical (unpaired) electrons. The molecule has 148 valence electrons. The molecular formula is C22H26N2O3S. The number of amides is 1. The van der Waals surface area contributed by atoms with Crippen LogP contribution in [0.2, 0.25) is 0 Å². The van der Waals surface area contributed by atoms with Gasteiger partial charge in [0.25, 0.3) is 0 Å². The molecule has 28 heavy (non-hydrogen) atoms. The number of benzene rings is 2. The number of sulfonamides is 1. The van der Waals surface area contributed by atoms with Gasteiger partial charge in [0, 0.05) is 30.3 Å². The third-order valence-electron chi connectivity index (χ3n) is 5.22. The Balaban J connectivity index is 1.44. The van der Waals surface area contributed by atoms with Crippen molar-refractivity contribution in [3.8, 4) is 0 Å². The van der Waals surface area contributed by atoms with E-state index >= 15 is 0 Å². The summed E-state index contributed by atoms with van der Waals surface area (Å²) in [6.07, 6.45) is 4.94. The minimum Gasteiger partial charge on any atom is -0.355 e. The van der Waals surface area contributed by atoms with Gasteiger partial charge in [0.2, 0.25) is 15.9 Å². The average Bonchev–Trinajstić information content (AvgIpc) is 2.67. The number of nitrogens with one attached hydrogen (secondary N) is 2. The van der Waals surface area contributed by atoms with Gasteiger partial charge in [-0.15, -0.1) is 0 Å². The van der Waals surface area contributed by atoms with Crippen molar-refractivity contribution in [2.45, 2.75) is 31.1 Å². The minimum absolute atomic E-state index is 0.0227. The smallest absolute Gasteiger partial charge is 0.233 e. The van der Waals surface area contributed by atoms with E-state index in [0.29, 0.717) is 6.54 Å². The highest BCUT2D eigenvalue weighted by atomic mass is 32.2. The van der Waals surface area contributed by atoms with Gasteiger partial charge in [0.1, 0.15) is 0 Å². The molecule has 1 amide bonds. The van der Waals surface area contributed by atoms with E-state index in [-0.39, 0.29) is 24.3 Å². The highest BCUT2D eigenvalue weighted by Gasteiger charge is 2.38. The molecule has 1 aliphatic carbocycles. The van der Waals surface area contributed by atoms with E-state index in [0.717, 1.165) is 30.2 Å². The van der Waals surface area contributed by atoms with Crippen molar-refractivity contribution in [3.63, 3.8) is 0 Å². The summed E-state index contributed by atoms with van der Waals surface area (Å²) in [5, 5.41) is 4.10. The second kappa shape index (κ2) is 9.17. The summed E-state index contributed by atoms with van der Waals surface area (Å²) in [6, 6.07) is 19.5. The Bertz CT molecular complexity index is 905. The molecule has 3 rings (SSSR count). The average molecular weight is 399 g/mol. The minimum atomic E-state index is -3.57. The fourth-order valence-electron chi connectivity index (χ4n) is 3.41. The molecule has 0 aromatic heterocycles. The van der Waals surface area contributed by atoms with E-state index in [4.69, 9.17) is 0 Å². The van der Waals surface area contributed by atoms with Gasteiger partial charge < -0.3 is 5.32 Å². The lowest BCUT2D eigenvalue weighted by Gasteiger charge is -2.42. The molecule has 2 aromatic rings. The molecule has 0 saturated heterocycles. The van der Waals surface area contributed by atoms with Crippen LogP contribution in [0.25, 0.3) is 6.08 Å². The molecule has 0 spiro atoms. The lowest BCUT2D eigenvalue weighted by Crippen LogP contribution is -2.46. The van der Waals surface area contributed by atoms with Crippen molar-refractivity contribution in [1.29, 1.82) is 0 Å². The zero-order valence-electron chi connectivity index (χ0n) is 15.8. The van der Waals surface area contributed by atoms with Gasteiger partial charge in [-0.25, -0.2) is 13.1 Å². The van der Waals surface area contributed by atoms with E-state index in [2.05, 4.69) is 22.2 Å². The number of carbonyl (C=O) groups excluding carboxylic acids is 1. The Morgan fingerprint density at radius 1 is 1.00 bits per heavy atom. The Morgan fingerprint density at radius 2 is 1.64 bits per heavy atom. The van der Waals surface area contributed by atoms with Gasteiger partial charge in [-0.3, -0.25) is 4.79 Å². The van der Waals surface area contributed by atoms with Crippen LogP contribution in [-0.2, 0) is 20.2 Å². The summed E-state index contributed by atoms with van der Waals surface area (Å²) in [7, 11) is -3.57. The molecule has 5 nitrogen and oxygen atoms in total. The first-order valence-corrected chi connectivity index (χ1v) is 11.1. The Kier molecular flexibility index (Phi) is 6.65. The lowest BCUT2D eigenvalue weighted by atomic mass is 9.64. The van der Waals surface area contributed by atoms with E-state index in [1.807, 2.05) is 48.5 Å². The molecule has 2 N–H and O–H groups in total. The molecule has 0 aliphatic heterocycles. The topological polar surface area (TPSA) is 75.3 Å².